The van der Waals surface area contributed by atoms with Crippen LogP contribution in [0.4, 0.5) is 5.95 Å². The van der Waals surface area contributed by atoms with E-state index in [1.54, 1.807) is 24.8 Å². The van der Waals surface area contributed by atoms with Crippen molar-refractivity contribution in [3.63, 3.8) is 0 Å². The molecular weight excluding hydrogens is 290 g/mol. The maximum Gasteiger partial charge on any atom is 0.254 e. The van der Waals surface area contributed by atoms with Crippen molar-refractivity contribution in [2.24, 2.45) is 5.92 Å². The third-order valence-electron chi connectivity index (χ3n) is 4.02. The van der Waals surface area contributed by atoms with E-state index < -0.39 is 0 Å². The average Bonchev–Trinajstić information content (AvgIpc) is 2.61. The summed E-state index contributed by atoms with van der Waals surface area (Å²) in [5, 5.41) is 2.85. The molecule has 1 aliphatic rings. The summed E-state index contributed by atoms with van der Waals surface area (Å²) in [6, 6.07) is 3.77. The highest BCUT2D eigenvalue weighted by atomic mass is 16.1. The molecule has 1 N–H and O–H groups in total. The molecule has 120 valence electrons. The Labute approximate surface area is 136 Å². The maximum absolute atomic E-state index is 12.1. The Kier molecular flexibility index (Phi) is 4.80. The van der Waals surface area contributed by atoms with E-state index in [-0.39, 0.29) is 5.91 Å². The van der Waals surface area contributed by atoms with Crippen molar-refractivity contribution < 1.29 is 4.79 Å². The van der Waals surface area contributed by atoms with Gasteiger partial charge in [-0.3, -0.25) is 9.78 Å². The fraction of sp³-hybridized carbons (Fsp3) is 0.412. The zero-order chi connectivity index (χ0) is 16.1. The molecule has 1 saturated heterocycles. The van der Waals surface area contributed by atoms with E-state index in [0.29, 0.717) is 24.0 Å². The van der Waals surface area contributed by atoms with Crippen LogP contribution >= 0.6 is 0 Å². The van der Waals surface area contributed by atoms with Crippen LogP contribution in [-0.4, -0.2) is 33.9 Å². The first kappa shape index (κ1) is 15.4. The second-order valence-electron chi connectivity index (χ2n) is 6.01. The molecule has 2 aromatic heterocycles. The zero-order valence-electron chi connectivity index (χ0n) is 13.3. The van der Waals surface area contributed by atoms with Gasteiger partial charge < -0.3 is 10.2 Å². The molecule has 23 heavy (non-hydrogen) atoms. The molecule has 0 aromatic carbocycles. The number of piperidine rings is 1. The number of carbonyl (C=O) groups excluding carboxylic acids is 1. The molecule has 1 aliphatic heterocycles. The summed E-state index contributed by atoms with van der Waals surface area (Å²) in [5.41, 5.74) is 1.43. The van der Waals surface area contributed by atoms with Crippen LogP contribution in [0.5, 0.6) is 0 Å². The average molecular weight is 311 g/mol. The van der Waals surface area contributed by atoms with Crippen molar-refractivity contribution in [3.8, 4) is 0 Å². The number of amides is 1. The fourth-order valence-electron chi connectivity index (χ4n) is 2.76. The van der Waals surface area contributed by atoms with Gasteiger partial charge in [-0.2, -0.15) is 0 Å². The van der Waals surface area contributed by atoms with E-state index in [1.165, 1.54) is 6.42 Å². The Balaban J connectivity index is 1.59. The van der Waals surface area contributed by atoms with Gasteiger partial charge in [0, 0.05) is 44.4 Å². The van der Waals surface area contributed by atoms with Gasteiger partial charge in [-0.05, 0) is 30.4 Å². The zero-order valence-corrected chi connectivity index (χ0v) is 13.3. The summed E-state index contributed by atoms with van der Waals surface area (Å²) in [6.45, 7) is 4.65. The lowest BCUT2D eigenvalue weighted by molar-refractivity contribution is 0.0950. The standard InChI is InChI=1S/C17H21N5O/c1-13-4-3-7-22(12-13)17-20-10-15(11-21-17)16(23)19-9-14-5-2-6-18-8-14/h2,5-6,8,10-11,13H,3-4,7,9,12H2,1H3,(H,19,23). The summed E-state index contributed by atoms with van der Waals surface area (Å²) >= 11 is 0. The van der Waals surface area contributed by atoms with E-state index in [9.17, 15) is 4.79 Å². The molecule has 3 rings (SSSR count). The first-order valence-corrected chi connectivity index (χ1v) is 7.96. The lowest BCUT2D eigenvalue weighted by Gasteiger charge is -2.30. The van der Waals surface area contributed by atoms with Crippen LogP contribution in [-0.2, 0) is 6.54 Å². The van der Waals surface area contributed by atoms with Crippen molar-refractivity contribution in [2.45, 2.75) is 26.3 Å². The number of aromatic nitrogens is 3. The summed E-state index contributed by atoms with van der Waals surface area (Å²) in [6.07, 6.45) is 9.06. The number of pyridine rings is 1. The van der Waals surface area contributed by atoms with Crippen molar-refractivity contribution in [1.29, 1.82) is 0 Å². The monoisotopic (exact) mass is 311 g/mol. The predicted molar refractivity (Wildman–Crippen MR) is 88.1 cm³/mol. The summed E-state index contributed by atoms with van der Waals surface area (Å²) < 4.78 is 0. The second kappa shape index (κ2) is 7.17. The first-order valence-electron chi connectivity index (χ1n) is 7.96. The Bertz CT molecular complexity index is 644. The van der Waals surface area contributed by atoms with Crippen molar-refractivity contribution in [3.05, 3.63) is 48.0 Å². The highest BCUT2D eigenvalue weighted by Crippen LogP contribution is 2.19. The van der Waals surface area contributed by atoms with Gasteiger partial charge >= 0.3 is 0 Å². The largest absolute Gasteiger partial charge is 0.348 e. The molecular formula is C17H21N5O. The number of hydrogen-bond acceptors (Lipinski definition) is 5. The van der Waals surface area contributed by atoms with Gasteiger partial charge in [0.25, 0.3) is 5.91 Å². The predicted octanol–water partition coefficient (Wildman–Crippen LogP) is 2.04. The molecule has 1 amide bonds. The number of hydrogen-bond donors (Lipinski definition) is 1. The van der Waals surface area contributed by atoms with E-state index in [0.717, 1.165) is 25.1 Å². The van der Waals surface area contributed by atoms with Crippen molar-refractivity contribution in [1.82, 2.24) is 20.3 Å². The Morgan fingerprint density at radius 1 is 1.35 bits per heavy atom. The minimum atomic E-state index is -0.174. The molecule has 6 nitrogen and oxygen atoms in total. The van der Waals surface area contributed by atoms with Crippen LogP contribution in [0, 0.1) is 5.92 Å². The van der Waals surface area contributed by atoms with Crippen molar-refractivity contribution in [2.75, 3.05) is 18.0 Å². The normalized spacial score (nSPS) is 17.8. The minimum Gasteiger partial charge on any atom is -0.348 e. The molecule has 1 fully saturated rings. The molecule has 6 heteroatoms. The summed E-state index contributed by atoms with van der Waals surface area (Å²) in [4.78, 5) is 27.1. The highest BCUT2D eigenvalue weighted by molar-refractivity contribution is 5.93. The van der Waals surface area contributed by atoms with Crippen LogP contribution in [0.15, 0.2) is 36.9 Å². The van der Waals surface area contributed by atoms with Gasteiger partial charge in [-0.25, -0.2) is 9.97 Å². The van der Waals surface area contributed by atoms with Gasteiger partial charge in [0.05, 0.1) is 5.56 Å². The smallest absolute Gasteiger partial charge is 0.254 e. The van der Waals surface area contributed by atoms with Gasteiger partial charge in [-0.15, -0.1) is 0 Å². The molecule has 0 spiro atoms. The van der Waals surface area contributed by atoms with Crippen LogP contribution in [0.25, 0.3) is 0 Å². The van der Waals surface area contributed by atoms with Crippen LogP contribution in [0.3, 0.4) is 0 Å². The second-order valence-corrected chi connectivity index (χ2v) is 6.01. The highest BCUT2D eigenvalue weighted by Gasteiger charge is 2.18. The summed E-state index contributed by atoms with van der Waals surface area (Å²) in [7, 11) is 0. The van der Waals surface area contributed by atoms with Gasteiger partial charge in [0.1, 0.15) is 0 Å². The third-order valence-corrected chi connectivity index (χ3v) is 4.02. The number of carbonyl (C=O) groups is 1. The maximum atomic E-state index is 12.1. The molecule has 0 bridgehead atoms. The van der Waals surface area contributed by atoms with Crippen molar-refractivity contribution >= 4 is 11.9 Å². The Morgan fingerprint density at radius 2 is 2.17 bits per heavy atom. The molecule has 3 heterocycles. The molecule has 0 radical (unpaired) electrons. The van der Waals surface area contributed by atoms with E-state index >= 15 is 0 Å². The SMILES string of the molecule is CC1CCCN(c2ncc(C(=O)NCc3cccnc3)cn2)C1. The Morgan fingerprint density at radius 3 is 2.87 bits per heavy atom. The van der Waals surface area contributed by atoms with Gasteiger partial charge in [0.15, 0.2) is 0 Å². The van der Waals surface area contributed by atoms with Gasteiger partial charge in [0.2, 0.25) is 5.95 Å². The van der Waals surface area contributed by atoms with Gasteiger partial charge in [-0.1, -0.05) is 13.0 Å². The molecule has 1 atom stereocenters. The summed E-state index contributed by atoms with van der Waals surface area (Å²) in [5.74, 6) is 1.20. The minimum absolute atomic E-state index is 0.174. The van der Waals surface area contributed by atoms with Crippen LogP contribution < -0.4 is 10.2 Å². The molecule has 2 aromatic rings. The third kappa shape index (κ3) is 4.03. The number of anilines is 1. The van der Waals surface area contributed by atoms with E-state index in [1.807, 2.05) is 12.1 Å². The molecule has 0 aliphatic carbocycles. The first-order chi connectivity index (χ1) is 11.2. The molecule has 1 unspecified atom stereocenters. The van der Waals surface area contributed by atoms with Crippen LogP contribution in [0.2, 0.25) is 0 Å². The quantitative estimate of drug-likeness (QED) is 0.935. The molecule has 0 saturated carbocycles. The lowest BCUT2D eigenvalue weighted by atomic mass is 10.0. The van der Waals surface area contributed by atoms with Crippen LogP contribution in [0.1, 0.15) is 35.7 Å². The lowest BCUT2D eigenvalue weighted by Crippen LogP contribution is -2.35. The number of nitrogens with one attached hydrogen (secondary N) is 1. The number of nitrogens with zero attached hydrogens (tertiary/aromatic N) is 4. The van der Waals surface area contributed by atoms with E-state index in [2.05, 4.69) is 32.1 Å². The van der Waals surface area contributed by atoms with E-state index in [4.69, 9.17) is 0 Å². The Hall–Kier alpha value is -2.50. The topological polar surface area (TPSA) is 71.0 Å². The number of rotatable bonds is 4. The fourth-order valence-corrected chi connectivity index (χ4v) is 2.76.